The van der Waals surface area contributed by atoms with Crippen LogP contribution in [-0.2, 0) is 6.42 Å². The number of aromatic amines is 1. The van der Waals surface area contributed by atoms with Gasteiger partial charge in [0, 0.05) is 23.1 Å². The van der Waals surface area contributed by atoms with Gasteiger partial charge in [-0.3, -0.25) is 4.98 Å². The summed E-state index contributed by atoms with van der Waals surface area (Å²) in [5.41, 5.74) is 9.01. The van der Waals surface area contributed by atoms with E-state index in [1.807, 2.05) is 6.20 Å². The normalized spacial score (nSPS) is 11.5. The molecule has 0 fully saturated rings. The zero-order valence-electron chi connectivity index (χ0n) is 14.0. The van der Waals surface area contributed by atoms with Crippen molar-refractivity contribution in [2.24, 2.45) is 0 Å². The van der Waals surface area contributed by atoms with Gasteiger partial charge in [0.25, 0.3) is 0 Å². The summed E-state index contributed by atoms with van der Waals surface area (Å²) in [6, 6.07) is 6.50. The number of H-pyrrole nitrogens is 1. The molecule has 0 spiro atoms. The molecule has 0 bridgehead atoms. The van der Waals surface area contributed by atoms with Crippen LogP contribution in [0.4, 0.5) is 0 Å². The highest BCUT2D eigenvalue weighted by atomic mass is 14.8. The van der Waals surface area contributed by atoms with E-state index < -0.39 is 0 Å². The van der Waals surface area contributed by atoms with Gasteiger partial charge in [-0.25, -0.2) is 4.98 Å². The Hall–Kier alpha value is -2.16. The van der Waals surface area contributed by atoms with Crippen molar-refractivity contribution in [1.82, 2.24) is 15.0 Å². The quantitative estimate of drug-likeness (QED) is 0.744. The van der Waals surface area contributed by atoms with Crippen molar-refractivity contribution in [3.63, 3.8) is 0 Å². The fourth-order valence-electron chi connectivity index (χ4n) is 2.88. The van der Waals surface area contributed by atoms with Crippen molar-refractivity contribution in [2.75, 3.05) is 0 Å². The van der Waals surface area contributed by atoms with E-state index in [0.29, 0.717) is 5.92 Å². The minimum absolute atomic E-state index is 0.447. The van der Waals surface area contributed by atoms with E-state index in [9.17, 15) is 0 Å². The summed E-state index contributed by atoms with van der Waals surface area (Å²) in [5, 5.41) is 0. The predicted molar refractivity (Wildman–Crippen MR) is 92.3 cm³/mol. The predicted octanol–water partition coefficient (Wildman–Crippen LogP) is 4.93. The van der Waals surface area contributed by atoms with Crippen LogP contribution >= 0.6 is 0 Å². The number of nitrogens with zero attached hydrogens (tertiary/aromatic N) is 2. The summed E-state index contributed by atoms with van der Waals surface area (Å²) in [6.07, 6.45) is 2.93. The van der Waals surface area contributed by atoms with E-state index in [1.165, 1.54) is 11.1 Å². The summed E-state index contributed by atoms with van der Waals surface area (Å²) in [4.78, 5) is 13.0. The van der Waals surface area contributed by atoms with Gasteiger partial charge in [0.1, 0.15) is 0 Å². The highest BCUT2D eigenvalue weighted by Crippen LogP contribution is 2.29. The Kier molecular flexibility index (Phi) is 3.73. The van der Waals surface area contributed by atoms with Gasteiger partial charge in [-0.2, -0.15) is 0 Å². The molecule has 3 nitrogen and oxygen atoms in total. The third kappa shape index (κ3) is 2.41. The van der Waals surface area contributed by atoms with Crippen LogP contribution in [0.15, 0.2) is 24.4 Å². The second kappa shape index (κ2) is 5.56. The third-order valence-electron chi connectivity index (χ3n) is 4.21. The lowest BCUT2D eigenvalue weighted by atomic mass is 10.0. The molecule has 3 aromatic heterocycles. The monoisotopic (exact) mass is 293 g/mol. The van der Waals surface area contributed by atoms with E-state index in [-0.39, 0.29) is 0 Å². The van der Waals surface area contributed by atoms with E-state index in [1.54, 1.807) is 0 Å². The summed E-state index contributed by atoms with van der Waals surface area (Å²) < 4.78 is 0. The molecule has 0 unspecified atom stereocenters. The first-order chi connectivity index (χ1) is 10.5. The molecule has 3 rings (SSSR count). The molecule has 114 valence electrons. The maximum atomic E-state index is 4.92. The Morgan fingerprint density at radius 1 is 1.09 bits per heavy atom. The fourth-order valence-corrected chi connectivity index (χ4v) is 2.88. The maximum Gasteiger partial charge on any atom is 0.0915 e. The minimum atomic E-state index is 0.447. The molecular weight excluding hydrogens is 270 g/mol. The van der Waals surface area contributed by atoms with Crippen LogP contribution < -0.4 is 0 Å². The SMILES string of the molecule is CCc1nc(C(C)C)ccc1-c1nc2c(C)c[nH]c2cc1C. The Balaban J connectivity index is 2.22. The van der Waals surface area contributed by atoms with Crippen LogP contribution in [0.3, 0.4) is 0 Å². The number of hydrogen-bond donors (Lipinski definition) is 1. The average Bonchev–Trinajstić information content (AvgIpc) is 2.86. The molecule has 3 heterocycles. The molecule has 0 aliphatic rings. The molecule has 0 saturated heterocycles. The van der Waals surface area contributed by atoms with Gasteiger partial charge in [-0.1, -0.05) is 20.8 Å². The topological polar surface area (TPSA) is 41.6 Å². The molecule has 0 amide bonds. The molecule has 1 N–H and O–H groups in total. The lowest BCUT2D eigenvalue weighted by Crippen LogP contribution is -2.01. The number of pyridine rings is 2. The van der Waals surface area contributed by atoms with E-state index in [4.69, 9.17) is 9.97 Å². The number of nitrogens with one attached hydrogen (secondary N) is 1. The van der Waals surface area contributed by atoms with Crippen molar-refractivity contribution in [1.29, 1.82) is 0 Å². The Labute approximate surface area is 131 Å². The number of hydrogen-bond acceptors (Lipinski definition) is 2. The molecule has 0 radical (unpaired) electrons. The van der Waals surface area contributed by atoms with Crippen LogP contribution in [0, 0.1) is 13.8 Å². The molecule has 3 heteroatoms. The van der Waals surface area contributed by atoms with Crippen LogP contribution in [0.1, 0.15) is 49.2 Å². The van der Waals surface area contributed by atoms with Crippen LogP contribution in [0.25, 0.3) is 22.3 Å². The van der Waals surface area contributed by atoms with E-state index in [0.717, 1.165) is 40.1 Å². The summed E-state index contributed by atoms with van der Waals surface area (Å²) >= 11 is 0. The van der Waals surface area contributed by atoms with Crippen molar-refractivity contribution in [2.45, 2.75) is 47.0 Å². The number of aromatic nitrogens is 3. The highest BCUT2D eigenvalue weighted by Gasteiger charge is 2.14. The first-order valence-electron chi connectivity index (χ1n) is 7.96. The van der Waals surface area contributed by atoms with Crippen molar-refractivity contribution in [3.05, 3.63) is 46.9 Å². The second-order valence-electron chi connectivity index (χ2n) is 6.26. The van der Waals surface area contributed by atoms with Gasteiger partial charge >= 0.3 is 0 Å². The Morgan fingerprint density at radius 3 is 2.55 bits per heavy atom. The van der Waals surface area contributed by atoms with Gasteiger partial charge in [-0.15, -0.1) is 0 Å². The average molecular weight is 293 g/mol. The summed E-state index contributed by atoms with van der Waals surface area (Å²) in [6.45, 7) is 10.7. The number of aryl methyl sites for hydroxylation is 3. The Bertz CT molecular complexity index is 828. The van der Waals surface area contributed by atoms with Crippen molar-refractivity contribution in [3.8, 4) is 11.3 Å². The molecule has 0 aliphatic carbocycles. The molecular formula is C19H23N3. The molecule has 22 heavy (non-hydrogen) atoms. The van der Waals surface area contributed by atoms with Crippen molar-refractivity contribution < 1.29 is 0 Å². The third-order valence-corrected chi connectivity index (χ3v) is 4.21. The zero-order valence-corrected chi connectivity index (χ0v) is 14.0. The first-order valence-corrected chi connectivity index (χ1v) is 7.96. The summed E-state index contributed by atoms with van der Waals surface area (Å²) in [5.74, 6) is 0.447. The Morgan fingerprint density at radius 2 is 1.86 bits per heavy atom. The molecule has 0 saturated carbocycles. The van der Waals surface area contributed by atoms with Gasteiger partial charge in [-0.05, 0) is 55.5 Å². The molecule has 0 atom stereocenters. The van der Waals surface area contributed by atoms with Gasteiger partial charge in [0.05, 0.1) is 16.7 Å². The van der Waals surface area contributed by atoms with Gasteiger partial charge < -0.3 is 4.98 Å². The summed E-state index contributed by atoms with van der Waals surface area (Å²) in [7, 11) is 0. The number of fused-ring (bicyclic) bond motifs is 1. The molecule has 3 aromatic rings. The van der Waals surface area contributed by atoms with E-state index >= 15 is 0 Å². The zero-order chi connectivity index (χ0) is 15.9. The lowest BCUT2D eigenvalue weighted by Gasteiger charge is -2.13. The van der Waals surface area contributed by atoms with Gasteiger partial charge in [0.15, 0.2) is 0 Å². The van der Waals surface area contributed by atoms with Crippen LogP contribution in [-0.4, -0.2) is 15.0 Å². The lowest BCUT2D eigenvalue weighted by molar-refractivity contribution is 0.807. The molecule has 0 aromatic carbocycles. The van der Waals surface area contributed by atoms with Crippen LogP contribution in [0.2, 0.25) is 0 Å². The highest BCUT2D eigenvalue weighted by molar-refractivity contribution is 5.83. The fraction of sp³-hybridized carbons (Fsp3) is 0.368. The second-order valence-corrected chi connectivity index (χ2v) is 6.26. The van der Waals surface area contributed by atoms with Crippen LogP contribution in [0.5, 0.6) is 0 Å². The molecule has 0 aliphatic heterocycles. The smallest absolute Gasteiger partial charge is 0.0915 e. The van der Waals surface area contributed by atoms with E-state index in [2.05, 4.69) is 57.8 Å². The largest absolute Gasteiger partial charge is 0.360 e. The minimum Gasteiger partial charge on any atom is -0.360 e. The standard InChI is InChI=1S/C19H23N3/c1-6-15-14(7-8-16(21-15)11(2)3)18-12(4)9-17-19(22-18)13(5)10-20-17/h7-11,20H,6H2,1-5H3. The number of rotatable bonds is 3. The van der Waals surface area contributed by atoms with Crippen molar-refractivity contribution >= 4 is 11.0 Å². The maximum absolute atomic E-state index is 4.92. The first kappa shape index (κ1) is 14.8. The van der Waals surface area contributed by atoms with Gasteiger partial charge in [0.2, 0.25) is 0 Å².